The Morgan fingerprint density at radius 2 is 1.90 bits per heavy atom. The number of amides is 1. The molecule has 5 rings (SSSR count). The van der Waals surface area contributed by atoms with Crippen molar-refractivity contribution in [3.63, 3.8) is 0 Å². The maximum Gasteiger partial charge on any atom is 0.252 e. The van der Waals surface area contributed by atoms with Crippen LogP contribution in [0.4, 0.5) is 5.13 Å². The van der Waals surface area contributed by atoms with Gasteiger partial charge in [-0.1, -0.05) is 27.7 Å². The molecule has 2 fully saturated rings. The Bertz CT molecular complexity index is 1030. The molecule has 1 aromatic carbocycles. The van der Waals surface area contributed by atoms with E-state index in [-0.39, 0.29) is 11.4 Å². The lowest BCUT2D eigenvalue weighted by Gasteiger charge is -2.15. The highest BCUT2D eigenvalue weighted by molar-refractivity contribution is 8.01. The summed E-state index contributed by atoms with van der Waals surface area (Å²) >= 11 is 3.38. The van der Waals surface area contributed by atoms with E-state index in [2.05, 4.69) is 21.6 Å². The molecule has 0 spiro atoms. The average Bonchev–Trinajstić information content (AvgIpc) is 3.74. The highest BCUT2D eigenvalue weighted by Crippen LogP contribution is 2.46. The largest absolute Gasteiger partial charge is 0.341 e. The van der Waals surface area contributed by atoms with Gasteiger partial charge in [0.25, 0.3) is 5.91 Å². The Kier molecular flexibility index (Phi) is 7.94. The van der Waals surface area contributed by atoms with Crippen LogP contribution in [0.15, 0.2) is 42.0 Å². The first-order chi connectivity index (χ1) is 15.1. The van der Waals surface area contributed by atoms with Crippen molar-refractivity contribution in [2.24, 2.45) is 7.05 Å². The zero-order chi connectivity index (χ0) is 22.4. The summed E-state index contributed by atoms with van der Waals surface area (Å²) in [5, 5.41) is 9.17. The second kappa shape index (κ2) is 10.5. The molecular formula is C24H33N4OS2+. The molecule has 1 amide bonds. The fraction of sp³-hybridized carbons (Fsp3) is 0.458. The Hall–Kier alpha value is -2.12. The molecule has 0 aliphatic heterocycles. The number of pyridine rings is 1. The maximum absolute atomic E-state index is 12.9. The number of rotatable bonds is 6. The van der Waals surface area contributed by atoms with E-state index < -0.39 is 0 Å². The maximum atomic E-state index is 12.9. The molecule has 0 radical (unpaired) electrons. The minimum atomic E-state index is -0.296. The molecule has 0 atom stereocenters. The van der Waals surface area contributed by atoms with E-state index in [4.69, 9.17) is 4.98 Å². The summed E-state index contributed by atoms with van der Waals surface area (Å²) in [6.45, 7) is 8.00. The molecule has 2 saturated carbocycles. The van der Waals surface area contributed by atoms with Crippen LogP contribution in [0.5, 0.6) is 0 Å². The zero-order valence-corrected chi connectivity index (χ0v) is 20.7. The monoisotopic (exact) mass is 457 g/mol. The molecule has 7 heteroatoms. The van der Waals surface area contributed by atoms with Crippen LogP contribution in [-0.4, -0.2) is 16.1 Å². The molecule has 0 unspecified atom stereocenters. The first-order valence-corrected chi connectivity index (χ1v) is 13.0. The van der Waals surface area contributed by atoms with Crippen molar-refractivity contribution in [2.75, 3.05) is 4.72 Å². The van der Waals surface area contributed by atoms with E-state index in [1.54, 1.807) is 23.3 Å². The van der Waals surface area contributed by atoms with Crippen LogP contribution in [0.3, 0.4) is 0 Å². The highest BCUT2D eigenvalue weighted by atomic mass is 32.2. The summed E-state index contributed by atoms with van der Waals surface area (Å²) < 4.78 is 5.36. The van der Waals surface area contributed by atoms with Gasteiger partial charge in [0.05, 0.1) is 11.2 Å². The van der Waals surface area contributed by atoms with Crippen LogP contribution in [0.2, 0.25) is 0 Å². The van der Waals surface area contributed by atoms with E-state index >= 15 is 0 Å². The van der Waals surface area contributed by atoms with Crippen LogP contribution < -0.4 is 14.6 Å². The van der Waals surface area contributed by atoms with E-state index in [1.165, 1.54) is 12.8 Å². The Morgan fingerprint density at radius 1 is 1.16 bits per heavy atom. The lowest BCUT2D eigenvalue weighted by Crippen LogP contribution is -2.35. The van der Waals surface area contributed by atoms with Gasteiger partial charge in [0.2, 0.25) is 0 Å². The quantitative estimate of drug-likeness (QED) is 0.362. The summed E-state index contributed by atoms with van der Waals surface area (Å²) in [5.41, 5.74) is 1.38. The fourth-order valence-electron chi connectivity index (χ4n) is 3.16. The number of benzene rings is 1. The number of aromatic nitrogens is 2. The number of anilines is 1. The smallest absolute Gasteiger partial charge is 0.252 e. The molecule has 0 bridgehead atoms. The number of fused-ring (bicyclic) bond motifs is 1. The van der Waals surface area contributed by atoms with Gasteiger partial charge in [-0.25, -0.2) is 9.55 Å². The van der Waals surface area contributed by atoms with E-state index in [0.717, 1.165) is 39.7 Å². The molecule has 2 aromatic heterocycles. The molecular weight excluding hydrogens is 424 g/mol. The number of carbonyl (C=O) groups is 1. The second-order valence-corrected chi connectivity index (χ2v) is 9.41. The number of hydrogen-bond acceptors (Lipinski definition) is 5. The number of thiazole rings is 1. The number of nitrogens with one attached hydrogen (secondary N) is 2. The van der Waals surface area contributed by atoms with Crippen LogP contribution in [-0.2, 0) is 12.6 Å². The van der Waals surface area contributed by atoms with Gasteiger partial charge in [0.1, 0.15) is 7.05 Å². The molecule has 5 nitrogen and oxygen atoms in total. The second-order valence-electron chi connectivity index (χ2n) is 7.45. The number of aryl methyl sites for hydroxylation is 1. The molecule has 2 N–H and O–H groups in total. The standard InChI is InChI=1S/C20H20N4OS2.2C2H6/c1-24-9-6-13-10-14(2-3-15(13)11-24)18(25)22-20(7-8-20)17-12-26-19(21-17)23-27-16-4-5-16;2*1-2/h2-3,6,9-12,16H,4-5,7-8H2,1H3,(H-,21,22,23,25);2*1-2H3/p+1. The lowest BCUT2D eigenvalue weighted by atomic mass is 10.1. The minimum Gasteiger partial charge on any atom is -0.341 e. The van der Waals surface area contributed by atoms with Crippen LogP contribution in [0.25, 0.3) is 10.8 Å². The van der Waals surface area contributed by atoms with Crippen molar-refractivity contribution in [3.05, 3.63) is 53.3 Å². The summed E-state index contributed by atoms with van der Waals surface area (Å²) in [6, 6.07) is 7.90. The molecule has 166 valence electrons. The Balaban J connectivity index is 0.000000645. The summed E-state index contributed by atoms with van der Waals surface area (Å²) in [4.78, 5) is 17.6. The highest BCUT2D eigenvalue weighted by Gasteiger charge is 2.48. The van der Waals surface area contributed by atoms with Gasteiger partial charge in [-0.05, 0) is 61.2 Å². The van der Waals surface area contributed by atoms with Gasteiger partial charge in [-0.15, -0.1) is 11.3 Å². The normalized spacial score (nSPS) is 15.8. The Labute approximate surface area is 193 Å². The molecule has 0 saturated heterocycles. The first kappa shape index (κ1) is 23.5. The van der Waals surface area contributed by atoms with Crippen molar-refractivity contribution in [1.82, 2.24) is 10.3 Å². The number of hydrogen-bond donors (Lipinski definition) is 2. The van der Waals surface area contributed by atoms with Crippen molar-refractivity contribution >= 4 is 45.1 Å². The molecule has 2 heterocycles. The van der Waals surface area contributed by atoms with Crippen LogP contribution in [0.1, 0.15) is 69.4 Å². The van der Waals surface area contributed by atoms with E-state index in [0.29, 0.717) is 5.56 Å². The third kappa shape index (κ3) is 5.77. The topological polar surface area (TPSA) is 57.9 Å². The van der Waals surface area contributed by atoms with Crippen LogP contribution in [0, 0.1) is 0 Å². The van der Waals surface area contributed by atoms with E-state index in [1.807, 2.05) is 69.8 Å². The average molecular weight is 458 g/mol. The Morgan fingerprint density at radius 3 is 2.58 bits per heavy atom. The number of carbonyl (C=O) groups excluding carboxylic acids is 1. The first-order valence-electron chi connectivity index (χ1n) is 11.2. The molecule has 2 aliphatic rings. The van der Waals surface area contributed by atoms with Crippen molar-refractivity contribution in [3.8, 4) is 0 Å². The SMILES string of the molecule is CC.CC.C[n+]1ccc2cc(C(=O)NC3(c4csc(NSC5CC5)n4)CC3)ccc2c1. The predicted octanol–water partition coefficient (Wildman–Crippen LogP) is 5.81. The molecule has 31 heavy (non-hydrogen) atoms. The van der Waals surface area contributed by atoms with Gasteiger partial charge >= 0.3 is 0 Å². The summed E-state index contributed by atoms with van der Waals surface area (Å²) in [5.74, 6) is -0.0301. The van der Waals surface area contributed by atoms with Crippen LogP contribution >= 0.6 is 23.3 Å². The summed E-state index contributed by atoms with van der Waals surface area (Å²) in [6.07, 6.45) is 8.53. The summed E-state index contributed by atoms with van der Waals surface area (Å²) in [7, 11) is 2.00. The zero-order valence-electron chi connectivity index (χ0n) is 19.1. The third-order valence-electron chi connectivity index (χ3n) is 5.12. The molecule has 2 aliphatic carbocycles. The van der Waals surface area contributed by atoms with Gasteiger partial charge in [-0.3, -0.25) is 4.79 Å². The van der Waals surface area contributed by atoms with Gasteiger partial charge in [0.15, 0.2) is 17.5 Å². The lowest BCUT2D eigenvalue weighted by molar-refractivity contribution is -0.670. The van der Waals surface area contributed by atoms with Crippen molar-refractivity contribution in [2.45, 2.75) is 64.2 Å². The third-order valence-corrected chi connectivity index (χ3v) is 7.12. The molecule has 3 aromatic rings. The van der Waals surface area contributed by atoms with Crippen molar-refractivity contribution < 1.29 is 9.36 Å². The van der Waals surface area contributed by atoms with E-state index in [9.17, 15) is 4.79 Å². The van der Waals surface area contributed by atoms with Gasteiger partial charge < -0.3 is 10.0 Å². The number of nitrogens with zero attached hydrogens (tertiary/aromatic N) is 2. The van der Waals surface area contributed by atoms with Crippen molar-refractivity contribution in [1.29, 1.82) is 0 Å². The van der Waals surface area contributed by atoms with Gasteiger partial charge in [-0.2, -0.15) is 0 Å². The predicted molar refractivity (Wildman–Crippen MR) is 133 cm³/mol. The van der Waals surface area contributed by atoms with Gasteiger partial charge in [0, 0.05) is 27.6 Å². The fourth-order valence-corrected chi connectivity index (χ4v) is 4.83. The minimum absolute atomic E-state index is 0.0301.